The molecular formula is C13H13BrN4O2. The molecule has 2 amide bonds. The number of halogens is 1. The van der Waals surface area contributed by atoms with Gasteiger partial charge in [-0.15, -0.1) is 0 Å². The zero-order chi connectivity index (χ0) is 14.4. The van der Waals surface area contributed by atoms with Gasteiger partial charge < -0.3 is 15.6 Å². The fourth-order valence-electron chi connectivity index (χ4n) is 1.54. The summed E-state index contributed by atoms with van der Waals surface area (Å²) < 4.78 is 0.688. The van der Waals surface area contributed by atoms with Gasteiger partial charge in [0.1, 0.15) is 5.82 Å². The monoisotopic (exact) mass is 336 g/mol. The first-order valence-electron chi connectivity index (χ1n) is 5.94. The maximum absolute atomic E-state index is 11.9. The molecule has 6 nitrogen and oxygen atoms in total. The number of carbonyl (C=O) groups is 2. The second-order valence-corrected chi connectivity index (χ2v) is 4.83. The molecule has 0 aliphatic heterocycles. The standard InChI is InChI=1S/C13H13BrN4O2/c14-10-4-2-1-3-9(10)13(20)18-8-12(19)17-7-11-15-5-6-16-11/h1-6H,7-8H2,(H,15,16)(H,17,19)(H,18,20). The molecule has 0 radical (unpaired) electrons. The van der Waals surface area contributed by atoms with Crippen LogP contribution in [0.2, 0.25) is 0 Å². The van der Waals surface area contributed by atoms with Gasteiger partial charge in [0.25, 0.3) is 5.91 Å². The third-order valence-electron chi connectivity index (χ3n) is 2.54. The van der Waals surface area contributed by atoms with Crippen LogP contribution in [0.25, 0.3) is 0 Å². The Balaban J connectivity index is 1.78. The highest BCUT2D eigenvalue weighted by atomic mass is 79.9. The highest BCUT2D eigenvalue weighted by molar-refractivity contribution is 9.10. The molecule has 0 aliphatic rings. The Morgan fingerprint density at radius 1 is 1.25 bits per heavy atom. The van der Waals surface area contributed by atoms with Gasteiger partial charge >= 0.3 is 0 Å². The number of rotatable bonds is 5. The second kappa shape index (κ2) is 6.85. The van der Waals surface area contributed by atoms with Gasteiger partial charge in [-0.1, -0.05) is 12.1 Å². The van der Waals surface area contributed by atoms with Gasteiger partial charge in [0.05, 0.1) is 18.7 Å². The molecule has 0 fully saturated rings. The summed E-state index contributed by atoms with van der Waals surface area (Å²) in [6.45, 7) is 0.220. The van der Waals surface area contributed by atoms with Crippen LogP contribution in [0.15, 0.2) is 41.1 Å². The average Bonchev–Trinajstić information content (AvgIpc) is 2.96. The number of hydrogen-bond acceptors (Lipinski definition) is 3. The summed E-state index contributed by atoms with van der Waals surface area (Å²) >= 11 is 3.29. The molecule has 0 saturated carbocycles. The van der Waals surface area contributed by atoms with E-state index < -0.39 is 0 Å². The van der Waals surface area contributed by atoms with Crippen molar-refractivity contribution in [1.82, 2.24) is 20.6 Å². The van der Waals surface area contributed by atoms with Crippen molar-refractivity contribution in [3.63, 3.8) is 0 Å². The molecule has 1 aromatic carbocycles. The van der Waals surface area contributed by atoms with E-state index in [-0.39, 0.29) is 18.4 Å². The van der Waals surface area contributed by atoms with Crippen LogP contribution in [0.3, 0.4) is 0 Å². The first-order chi connectivity index (χ1) is 9.66. The molecule has 0 atom stereocenters. The van der Waals surface area contributed by atoms with E-state index in [0.717, 1.165) is 0 Å². The largest absolute Gasteiger partial charge is 0.347 e. The van der Waals surface area contributed by atoms with Crippen LogP contribution in [0, 0.1) is 0 Å². The molecule has 7 heteroatoms. The summed E-state index contributed by atoms with van der Waals surface area (Å²) in [5, 5.41) is 5.21. The van der Waals surface area contributed by atoms with Gasteiger partial charge in [0.2, 0.25) is 5.91 Å². The van der Waals surface area contributed by atoms with E-state index in [4.69, 9.17) is 0 Å². The molecule has 0 spiro atoms. The van der Waals surface area contributed by atoms with E-state index in [1.54, 1.807) is 30.6 Å². The topological polar surface area (TPSA) is 86.9 Å². The lowest BCUT2D eigenvalue weighted by Gasteiger charge is -2.07. The number of benzene rings is 1. The summed E-state index contributed by atoms with van der Waals surface area (Å²) in [4.78, 5) is 30.3. The van der Waals surface area contributed by atoms with E-state index in [1.165, 1.54) is 0 Å². The Bertz CT molecular complexity index is 598. The van der Waals surface area contributed by atoms with Gasteiger partial charge in [0, 0.05) is 16.9 Å². The van der Waals surface area contributed by atoms with Crippen molar-refractivity contribution in [2.24, 2.45) is 0 Å². The van der Waals surface area contributed by atoms with Gasteiger partial charge in [-0.25, -0.2) is 4.98 Å². The smallest absolute Gasteiger partial charge is 0.252 e. The number of aromatic nitrogens is 2. The van der Waals surface area contributed by atoms with E-state index in [1.807, 2.05) is 6.07 Å². The lowest BCUT2D eigenvalue weighted by molar-refractivity contribution is -0.120. The number of nitrogens with zero attached hydrogens (tertiary/aromatic N) is 1. The van der Waals surface area contributed by atoms with Crippen molar-refractivity contribution in [3.05, 3.63) is 52.5 Å². The lowest BCUT2D eigenvalue weighted by Crippen LogP contribution is -2.36. The molecule has 0 aliphatic carbocycles. The molecular weight excluding hydrogens is 324 g/mol. The predicted molar refractivity (Wildman–Crippen MR) is 76.9 cm³/mol. The summed E-state index contributed by atoms with van der Waals surface area (Å²) in [5.41, 5.74) is 0.492. The van der Waals surface area contributed by atoms with Gasteiger partial charge in [-0.2, -0.15) is 0 Å². The Morgan fingerprint density at radius 3 is 2.75 bits per heavy atom. The van der Waals surface area contributed by atoms with Crippen LogP contribution < -0.4 is 10.6 Å². The molecule has 104 valence electrons. The van der Waals surface area contributed by atoms with Crippen LogP contribution in [-0.2, 0) is 11.3 Å². The fourth-order valence-corrected chi connectivity index (χ4v) is 2.01. The first kappa shape index (κ1) is 14.3. The molecule has 2 aromatic rings. The zero-order valence-electron chi connectivity index (χ0n) is 10.5. The molecule has 0 saturated heterocycles. The van der Waals surface area contributed by atoms with Crippen molar-refractivity contribution in [2.45, 2.75) is 6.54 Å². The van der Waals surface area contributed by atoms with Gasteiger partial charge in [-0.3, -0.25) is 9.59 Å². The molecule has 1 aromatic heterocycles. The minimum Gasteiger partial charge on any atom is -0.347 e. The van der Waals surface area contributed by atoms with Crippen LogP contribution in [-0.4, -0.2) is 28.3 Å². The number of amides is 2. The normalized spacial score (nSPS) is 10.1. The van der Waals surface area contributed by atoms with Gasteiger partial charge in [0.15, 0.2) is 0 Å². The second-order valence-electron chi connectivity index (χ2n) is 3.98. The minimum atomic E-state index is -0.300. The summed E-state index contributed by atoms with van der Waals surface area (Å²) in [6, 6.07) is 7.03. The molecule has 0 unspecified atom stereocenters. The number of imidazole rings is 1. The minimum absolute atomic E-state index is 0.0825. The molecule has 0 bridgehead atoms. The highest BCUT2D eigenvalue weighted by Crippen LogP contribution is 2.15. The van der Waals surface area contributed by atoms with Crippen molar-refractivity contribution in [3.8, 4) is 0 Å². The molecule has 1 heterocycles. The average molecular weight is 337 g/mol. The van der Waals surface area contributed by atoms with E-state index in [0.29, 0.717) is 22.4 Å². The van der Waals surface area contributed by atoms with Crippen molar-refractivity contribution < 1.29 is 9.59 Å². The number of carbonyl (C=O) groups excluding carboxylic acids is 2. The zero-order valence-corrected chi connectivity index (χ0v) is 12.1. The molecule has 20 heavy (non-hydrogen) atoms. The first-order valence-corrected chi connectivity index (χ1v) is 6.74. The third kappa shape index (κ3) is 3.92. The maximum atomic E-state index is 11.9. The van der Waals surface area contributed by atoms with Crippen LogP contribution in [0.1, 0.15) is 16.2 Å². The van der Waals surface area contributed by atoms with Crippen molar-refractivity contribution in [1.29, 1.82) is 0 Å². The maximum Gasteiger partial charge on any atom is 0.252 e. The summed E-state index contributed by atoms with van der Waals surface area (Å²) in [7, 11) is 0. The van der Waals surface area contributed by atoms with E-state index in [9.17, 15) is 9.59 Å². The number of H-pyrrole nitrogens is 1. The van der Waals surface area contributed by atoms with Crippen LogP contribution in [0.5, 0.6) is 0 Å². The summed E-state index contributed by atoms with van der Waals surface area (Å²) in [6.07, 6.45) is 3.28. The number of aromatic amines is 1. The van der Waals surface area contributed by atoms with E-state index >= 15 is 0 Å². The number of nitrogens with one attached hydrogen (secondary N) is 3. The SMILES string of the molecule is O=C(CNC(=O)c1ccccc1Br)NCc1ncc[nH]1. The third-order valence-corrected chi connectivity index (χ3v) is 3.23. The van der Waals surface area contributed by atoms with Crippen LogP contribution >= 0.6 is 15.9 Å². The quantitative estimate of drug-likeness (QED) is 0.767. The van der Waals surface area contributed by atoms with Gasteiger partial charge in [-0.05, 0) is 28.1 Å². The fraction of sp³-hybridized carbons (Fsp3) is 0.154. The Labute approximate surface area is 124 Å². The Morgan fingerprint density at radius 2 is 2.05 bits per heavy atom. The van der Waals surface area contributed by atoms with Crippen molar-refractivity contribution >= 4 is 27.7 Å². The highest BCUT2D eigenvalue weighted by Gasteiger charge is 2.10. The Hall–Kier alpha value is -2.15. The summed E-state index contributed by atoms with van der Waals surface area (Å²) in [5.74, 6) is 0.0860. The Kier molecular flexibility index (Phi) is 4.89. The predicted octanol–water partition coefficient (Wildman–Crippen LogP) is 1.22. The molecule has 3 N–H and O–H groups in total. The lowest BCUT2D eigenvalue weighted by atomic mass is 10.2. The van der Waals surface area contributed by atoms with E-state index in [2.05, 4.69) is 36.5 Å². The van der Waals surface area contributed by atoms with Crippen LogP contribution in [0.4, 0.5) is 0 Å². The van der Waals surface area contributed by atoms with Crippen molar-refractivity contribution in [2.75, 3.05) is 6.54 Å². The molecule has 2 rings (SSSR count). The number of hydrogen-bond donors (Lipinski definition) is 3.